The molecule has 0 radical (unpaired) electrons. The Balaban J connectivity index is 1.66. The third kappa shape index (κ3) is 2.45. The quantitative estimate of drug-likeness (QED) is 0.840. The van der Waals surface area contributed by atoms with E-state index in [1.165, 1.54) is 5.56 Å². The van der Waals surface area contributed by atoms with Gasteiger partial charge in [-0.3, -0.25) is 10.1 Å². The first-order chi connectivity index (χ1) is 9.79. The lowest BCUT2D eigenvalue weighted by Gasteiger charge is -2.23. The summed E-state index contributed by atoms with van der Waals surface area (Å²) >= 11 is 1.74. The molecule has 2 heterocycles. The van der Waals surface area contributed by atoms with Gasteiger partial charge in [-0.05, 0) is 11.6 Å². The van der Waals surface area contributed by atoms with Crippen LogP contribution in [0.25, 0.3) is 0 Å². The molecule has 2 aliphatic heterocycles. The molecule has 1 N–H and O–H groups in total. The Labute approximate surface area is 122 Å². The van der Waals surface area contributed by atoms with Crippen molar-refractivity contribution in [3.8, 4) is 6.07 Å². The summed E-state index contributed by atoms with van der Waals surface area (Å²) in [6.07, 6.45) is 3.66. The predicted octanol–water partition coefficient (Wildman–Crippen LogP) is 1.68. The van der Waals surface area contributed by atoms with Gasteiger partial charge in [-0.15, -0.1) is 11.8 Å². The minimum atomic E-state index is -0.412. The van der Waals surface area contributed by atoms with Gasteiger partial charge in [0.2, 0.25) is 5.91 Å². The lowest BCUT2D eigenvalue weighted by atomic mass is 10.2. The topological polar surface area (TPSA) is 56.1 Å². The lowest BCUT2D eigenvalue weighted by Crippen LogP contribution is -2.47. The van der Waals surface area contributed by atoms with Gasteiger partial charge in [0.05, 0.1) is 17.5 Å². The molecule has 5 heteroatoms. The molecule has 3 rings (SSSR count). The van der Waals surface area contributed by atoms with Crippen LogP contribution < -0.4 is 5.32 Å². The number of hydrogen-bond acceptors (Lipinski definition) is 4. The van der Waals surface area contributed by atoms with E-state index < -0.39 is 6.04 Å². The van der Waals surface area contributed by atoms with Crippen LogP contribution in [0.15, 0.2) is 42.5 Å². The summed E-state index contributed by atoms with van der Waals surface area (Å²) in [4.78, 5) is 14.1. The molecule has 1 fully saturated rings. The molecular formula is C15H15N3OS. The van der Waals surface area contributed by atoms with E-state index in [-0.39, 0.29) is 17.3 Å². The first-order valence-corrected chi connectivity index (χ1v) is 7.64. The van der Waals surface area contributed by atoms with E-state index in [1.54, 1.807) is 22.7 Å². The maximum absolute atomic E-state index is 12.5. The molecule has 2 aliphatic rings. The molecule has 0 bridgehead atoms. The number of rotatable bonds is 2. The molecule has 4 nitrogen and oxygen atoms in total. The van der Waals surface area contributed by atoms with Gasteiger partial charge in [-0.2, -0.15) is 5.26 Å². The second-order valence-electron chi connectivity index (χ2n) is 4.84. The maximum Gasteiger partial charge on any atom is 0.242 e. The van der Waals surface area contributed by atoms with Crippen molar-refractivity contribution in [2.24, 2.45) is 0 Å². The zero-order valence-corrected chi connectivity index (χ0v) is 11.7. The SMILES string of the molecule is N#C[C@@H]1C=CCN1C(=O)[C@@H]1CSC(c2ccccc2)N1. The minimum Gasteiger partial charge on any atom is -0.318 e. The lowest BCUT2D eigenvalue weighted by molar-refractivity contribution is -0.132. The maximum atomic E-state index is 12.5. The van der Waals surface area contributed by atoms with E-state index >= 15 is 0 Å². The van der Waals surface area contributed by atoms with E-state index in [9.17, 15) is 4.79 Å². The molecule has 1 amide bonds. The van der Waals surface area contributed by atoms with E-state index in [0.29, 0.717) is 6.54 Å². The molecule has 0 aromatic heterocycles. The second-order valence-corrected chi connectivity index (χ2v) is 5.97. The van der Waals surface area contributed by atoms with Crippen LogP contribution in [0.2, 0.25) is 0 Å². The zero-order valence-electron chi connectivity index (χ0n) is 10.9. The number of benzene rings is 1. The van der Waals surface area contributed by atoms with Crippen LogP contribution in [0.3, 0.4) is 0 Å². The van der Waals surface area contributed by atoms with Gasteiger partial charge < -0.3 is 4.90 Å². The molecule has 0 spiro atoms. The zero-order chi connectivity index (χ0) is 13.9. The fraction of sp³-hybridized carbons (Fsp3) is 0.333. The van der Waals surface area contributed by atoms with E-state index in [1.807, 2.05) is 24.3 Å². The normalized spacial score (nSPS) is 28.6. The minimum absolute atomic E-state index is 0.0208. The Morgan fingerprint density at radius 2 is 2.20 bits per heavy atom. The van der Waals surface area contributed by atoms with Gasteiger partial charge in [-0.1, -0.05) is 36.4 Å². The van der Waals surface area contributed by atoms with Gasteiger partial charge in [0.15, 0.2) is 0 Å². The molecule has 1 aromatic carbocycles. The van der Waals surface area contributed by atoms with Crippen molar-refractivity contribution in [3.63, 3.8) is 0 Å². The fourth-order valence-corrected chi connectivity index (χ4v) is 3.73. The Bertz CT molecular complexity index is 566. The van der Waals surface area contributed by atoms with Gasteiger partial charge in [0, 0.05) is 12.3 Å². The molecule has 1 saturated heterocycles. The average molecular weight is 285 g/mol. The van der Waals surface area contributed by atoms with E-state index in [4.69, 9.17) is 5.26 Å². The van der Waals surface area contributed by atoms with Crippen molar-refractivity contribution in [2.45, 2.75) is 17.5 Å². The molecule has 0 saturated carbocycles. The Kier molecular flexibility index (Phi) is 3.77. The number of nitrogens with one attached hydrogen (secondary N) is 1. The highest BCUT2D eigenvalue weighted by molar-refractivity contribution is 7.99. The summed E-state index contributed by atoms with van der Waals surface area (Å²) < 4.78 is 0. The molecule has 0 aliphatic carbocycles. The Hall–Kier alpha value is -1.77. The van der Waals surface area contributed by atoms with E-state index in [2.05, 4.69) is 23.5 Å². The number of nitriles is 1. The number of carbonyl (C=O) groups is 1. The third-order valence-electron chi connectivity index (χ3n) is 3.55. The van der Waals surface area contributed by atoms with Crippen LogP contribution in [0.1, 0.15) is 10.9 Å². The predicted molar refractivity (Wildman–Crippen MR) is 78.8 cm³/mol. The van der Waals surface area contributed by atoms with Crippen molar-refractivity contribution in [1.82, 2.24) is 10.2 Å². The Morgan fingerprint density at radius 3 is 2.95 bits per heavy atom. The standard InChI is InChI=1S/C15H15N3OS/c16-9-12-7-4-8-18(12)15(19)13-10-20-14(17-13)11-5-2-1-3-6-11/h1-7,12-14,17H,8,10H2/t12-,13-,14?/m0/s1. The van der Waals surface area contributed by atoms with Crippen molar-refractivity contribution < 1.29 is 4.79 Å². The molecule has 102 valence electrons. The highest BCUT2D eigenvalue weighted by Gasteiger charge is 2.35. The van der Waals surface area contributed by atoms with Crippen molar-refractivity contribution in [2.75, 3.05) is 12.3 Å². The number of carbonyl (C=O) groups excluding carboxylic acids is 1. The van der Waals surface area contributed by atoms with Gasteiger partial charge >= 0.3 is 0 Å². The Morgan fingerprint density at radius 1 is 1.40 bits per heavy atom. The summed E-state index contributed by atoms with van der Waals surface area (Å²) in [7, 11) is 0. The first kappa shape index (κ1) is 13.2. The smallest absolute Gasteiger partial charge is 0.242 e. The number of amides is 1. The number of hydrogen-bond donors (Lipinski definition) is 1. The molecule has 3 atom stereocenters. The molecule has 20 heavy (non-hydrogen) atoms. The summed E-state index contributed by atoms with van der Waals surface area (Å²) in [6.45, 7) is 0.538. The van der Waals surface area contributed by atoms with Crippen LogP contribution in [-0.2, 0) is 4.79 Å². The highest BCUT2D eigenvalue weighted by atomic mass is 32.2. The molecule has 1 unspecified atom stereocenters. The molecular weight excluding hydrogens is 270 g/mol. The van der Waals surface area contributed by atoms with Gasteiger partial charge in [0.25, 0.3) is 0 Å². The van der Waals surface area contributed by atoms with Crippen molar-refractivity contribution in [3.05, 3.63) is 48.0 Å². The fourth-order valence-electron chi connectivity index (χ4n) is 2.49. The summed E-state index contributed by atoms with van der Waals surface area (Å²) in [5.41, 5.74) is 1.18. The van der Waals surface area contributed by atoms with Crippen LogP contribution in [0.4, 0.5) is 0 Å². The summed E-state index contributed by atoms with van der Waals surface area (Å²) in [6, 6.07) is 11.6. The first-order valence-electron chi connectivity index (χ1n) is 6.59. The summed E-state index contributed by atoms with van der Waals surface area (Å²) in [5, 5.41) is 12.6. The van der Waals surface area contributed by atoms with Crippen LogP contribution in [-0.4, -0.2) is 35.2 Å². The van der Waals surface area contributed by atoms with Crippen LogP contribution in [0, 0.1) is 11.3 Å². The monoisotopic (exact) mass is 285 g/mol. The van der Waals surface area contributed by atoms with Crippen LogP contribution in [0.5, 0.6) is 0 Å². The summed E-state index contributed by atoms with van der Waals surface area (Å²) in [5.74, 6) is 0.764. The van der Waals surface area contributed by atoms with Crippen molar-refractivity contribution >= 4 is 17.7 Å². The average Bonchev–Trinajstić information content (AvgIpc) is 3.16. The number of thioether (sulfide) groups is 1. The highest BCUT2D eigenvalue weighted by Crippen LogP contribution is 2.33. The second kappa shape index (κ2) is 5.70. The van der Waals surface area contributed by atoms with Crippen LogP contribution >= 0.6 is 11.8 Å². The number of nitrogens with zero attached hydrogens (tertiary/aromatic N) is 2. The van der Waals surface area contributed by atoms with Crippen molar-refractivity contribution in [1.29, 1.82) is 5.26 Å². The van der Waals surface area contributed by atoms with E-state index in [0.717, 1.165) is 5.75 Å². The largest absolute Gasteiger partial charge is 0.318 e. The third-order valence-corrected chi connectivity index (χ3v) is 4.82. The van der Waals surface area contributed by atoms with Gasteiger partial charge in [-0.25, -0.2) is 0 Å². The molecule has 1 aromatic rings. The van der Waals surface area contributed by atoms with Gasteiger partial charge in [0.1, 0.15) is 6.04 Å².